The highest BCUT2D eigenvalue weighted by Gasteiger charge is 2.47. The molecule has 0 spiro atoms. The van der Waals surface area contributed by atoms with Gasteiger partial charge in [-0.05, 0) is 17.6 Å². The molecule has 0 aromatic carbocycles. The van der Waals surface area contributed by atoms with Crippen LogP contribution >= 0.6 is 11.5 Å². The molecule has 1 aliphatic heterocycles. The van der Waals surface area contributed by atoms with Crippen molar-refractivity contribution in [3.05, 3.63) is 17.1 Å². The first-order chi connectivity index (χ1) is 7.58. The van der Waals surface area contributed by atoms with Gasteiger partial charge in [0, 0.05) is 36.7 Å². The number of aliphatic hydroxyl groups excluding tert-OH is 1. The molecule has 0 bridgehead atoms. The molecule has 88 valence electrons. The van der Waals surface area contributed by atoms with Gasteiger partial charge in [0.05, 0.1) is 5.54 Å². The van der Waals surface area contributed by atoms with Gasteiger partial charge in [0.25, 0.3) is 0 Å². The van der Waals surface area contributed by atoms with E-state index < -0.39 is 11.6 Å². The van der Waals surface area contributed by atoms with E-state index in [-0.39, 0.29) is 25.6 Å². The highest BCUT2D eigenvalue weighted by Crippen LogP contribution is 2.36. The molecule has 7 heteroatoms. The van der Waals surface area contributed by atoms with Gasteiger partial charge in [-0.15, -0.1) is 0 Å². The molecule has 1 aromatic rings. The Bertz CT molecular complexity index is 383. The third kappa shape index (κ3) is 1.66. The van der Waals surface area contributed by atoms with Crippen molar-refractivity contribution in [2.75, 3.05) is 19.7 Å². The Morgan fingerprint density at radius 3 is 3.06 bits per heavy atom. The lowest BCUT2D eigenvalue weighted by Crippen LogP contribution is -2.45. The van der Waals surface area contributed by atoms with E-state index >= 15 is 0 Å². The molecule has 0 saturated carbocycles. The molecule has 16 heavy (non-hydrogen) atoms. The quantitative estimate of drug-likeness (QED) is 0.673. The van der Waals surface area contributed by atoms with Crippen LogP contribution in [0.3, 0.4) is 0 Å². The monoisotopic (exact) mass is 243 g/mol. The molecule has 1 aromatic heterocycles. The summed E-state index contributed by atoms with van der Waals surface area (Å²) in [6, 6.07) is 1.78. The number of rotatable bonds is 2. The number of hydrogen-bond donors (Lipinski definition) is 3. The second-order valence-corrected chi connectivity index (χ2v) is 4.79. The van der Waals surface area contributed by atoms with Crippen molar-refractivity contribution >= 4 is 17.6 Å². The molecule has 2 rings (SSSR count). The van der Waals surface area contributed by atoms with Gasteiger partial charge in [0.1, 0.15) is 0 Å². The number of amides is 1. The number of nitrogens with zero attached hydrogens (tertiary/aromatic N) is 2. The molecule has 6 nitrogen and oxygen atoms in total. The van der Waals surface area contributed by atoms with Crippen molar-refractivity contribution in [3.63, 3.8) is 0 Å². The first-order valence-electron chi connectivity index (χ1n) is 4.86. The van der Waals surface area contributed by atoms with Gasteiger partial charge in [-0.3, -0.25) is 0 Å². The number of aromatic nitrogens is 1. The smallest absolute Gasteiger partial charge is 0.407 e. The zero-order valence-corrected chi connectivity index (χ0v) is 9.35. The fourth-order valence-electron chi connectivity index (χ4n) is 2.04. The maximum atomic E-state index is 10.9. The number of likely N-dealkylation sites (tertiary alicyclic amines) is 1. The average molecular weight is 243 g/mol. The number of carbonyl (C=O) groups is 1. The van der Waals surface area contributed by atoms with Crippen LogP contribution in [-0.2, 0) is 5.54 Å². The topological polar surface area (TPSA) is 99.7 Å². The molecular formula is C9H13N3O3S. The van der Waals surface area contributed by atoms with Crippen LogP contribution in [0.1, 0.15) is 4.88 Å². The third-order valence-electron chi connectivity index (χ3n) is 3.01. The lowest BCUT2D eigenvalue weighted by atomic mass is 9.87. The fraction of sp³-hybridized carbons (Fsp3) is 0.556. The van der Waals surface area contributed by atoms with E-state index in [2.05, 4.69) is 4.37 Å². The lowest BCUT2D eigenvalue weighted by molar-refractivity contribution is 0.150. The van der Waals surface area contributed by atoms with E-state index in [0.717, 1.165) is 4.88 Å². The molecule has 1 saturated heterocycles. The summed E-state index contributed by atoms with van der Waals surface area (Å²) in [5.41, 5.74) is 5.40. The van der Waals surface area contributed by atoms with Crippen molar-refractivity contribution in [2.24, 2.45) is 11.7 Å². The predicted octanol–water partition coefficient (Wildman–Crippen LogP) is -0.101. The number of hydrogen-bond acceptors (Lipinski definition) is 5. The fourth-order valence-corrected chi connectivity index (χ4v) is 2.80. The molecule has 4 N–H and O–H groups in total. The molecule has 1 fully saturated rings. The summed E-state index contributed by atoms with van der Waals surface area (Å²) >= 11 is 1.25. The van der Waals surface area contributed by atoms with Crippen LogP contribution in [0.4, 0.5) is 4.79 Å². The van der Waals surface area contributed by atoms with Gasteiger partial charge in [-0.1, -0.05) is 0 Å². The van der Waals surface area contributed by atoms with E-state index in [1.807, 2.05) is 0 Å². The minimum Gasteiger partial charge on any atom is -0.465 e. The Hall–Kier alpha value is -1.18. The van der Waals surface area contributed by atoms with Crippen molar-refractivity contribution < 1.29 is 15.0 Å². The minimum absolute atomic E-state index is 0.127. The average Bonchev–Trinajstić information content (AvgIpc) is 2.84. The van der Waals surface area contributed by atoms with E-state index in [9.17, 15) is 9.90 Å². The van der Waals surface area contributed by atoms with Crippen molar-refractivity contribution in [1.29, 1.82) is 0 Å². The Labute approximate surface area is 96.5 Å². The summed E-state index contributed by atoms with van der Waals surface area (Å²) in [7, 11) is 0. The summed E-state index contributed by atoms with van der Waals surface area (Å²) in [4.78, 5) is 12.9. The summed E-state index contributed by atoms with van der Waals surface area (Å²) in [5.74, 6) is -0.274. The number of aliphatic hydroxyl groups is 1. The molecule has 1 aliphatic rings. The highest BCUT2D eigenvalue weighted by atomic mass is 32.1. The standard InChI is InChI=1S/C9H13N3O3S/c10-9(7-1-2-11-16-7)5-12(8(14)15)3-6(9)4-13/h1-2,6,13H,3-5,10H2,(H,14,15). The highest BCUT2D eigenvalue weighted by molar-refractivity contribution is 7.05. The van der Waals surface area contributed by atoms with E-state index in [1.54, 1.807) is 12.3 Å². The van der Waals surface area contributed by atoms with Crippen LogP contribution in [-0.4, -0.2) is 45.3 Å². The minimum atomic E-state index is -1.00. The molecule has 2 atom stereocenters. The second-order valence-electron chi connectivity index (χ2n) is 3.96. The van der Waals surface area contributed by atoms with Gasteiger partial charge >= 0.3 is 6.09 Å². The van der Waals surface area contributed by atoms with Gasteiger partial charge in [-0.2, -0.15) is 0 Å². The van der Waals surface area contributed by atoms with Gasteiger partial charge in [-0.25, -0.2) is 9.17 Å². The molecule has 2 unspecified atom stereocenters. The predicted molar refractivity (Wildman–Crippen MR) is 58.2 cm³/mol. The Morgan fingerprint density at radius 2 is 2.56 bits per heavy atom. The van der Waals surface area contributed by atoms with Crippen LogP contribution in [0, 0.1) is 5.92 Å². The molecular weight excluding hydrogens is 230 g/mol. The SMILES string of the molecule is NC1(c2ccns2)CN(C(=O)O)CC1CO. The summed E-state index contributed by atoms with van der Waals surface area (Å²) in [6.45, 7) is 0.341. The third-order valence-corrected chi connectivity index (χ3v) is 3.95. The second kappa shape index (κ2) is 4.00. The first-order valence-corrected chi connectivity index (χ1v) is 5.64. The first kappa shape index (κ1) is 11.3. The maximum Gasteiger partial charge on any atom is 0.407 e. The van der Waals surface area contributed by atoms with Crippen LogP contribution in [0.15, 0.2) is 12.3 Å². The Morgan fingerprint density at radius 1 is 1.81 bits per heavy atom. The van der Waals surface area contributed by atoms with Crippen LogP contribution in [0.2, 0.25) is 0 Å². The molecule has 0 aliphatic carbocycles. The van der Waals surface area contributed by atoms with E-state index in [1.165, 1.54) is 16.4 Å². The summed E-state index contributed by atoms with van der Waals surface area (Å²) in [6.07, 6.45) is 0.627. The van der Waals surface area contributed by atoms with Gasteiger partial charge in [0.2, 0.25) is 0 Å². The maximum absolute atomic E-state index is 10.9. The van der Waals surface area contributed by atoms with Crippen LogP contribution < -0.4 is 5.73 Å². The van der Waals surface area contributed by atoms with Gasteiger partial charge in [0.15, 0.2) is 0 Å². The van der Waals surface area contributed by atoms with Crippen LogP contribution in [0.5, 0.6) is 0 Å². The Kier molecular flexibility index (Phi) is 2.83. The van der Waals surface area contributed by atoms with Crippen molar-refractivity contribution in [3.8, 4) is 0 Å². The lowest BCUT2D eigenvalue weighted by Gasteiger charge is -2.27. The van der Waals surface area contributed by atoms with Crippen molar-refractivity contribution in [1.82, 2.24) is 9.27 Å². The normalized spacial score (nSPS) is 29.6. The molecule has 2 heterocycles. The summed E-state index contributed by atoms with van der Waals surface area (Å²) < 4.78 is 3.96. The van der Waals surface area contributed by atoms with Crippen LogP contribution in [0.25, 0.3) is 0 Å². The molecule has 0 radical (unpaired) electrons. The van der Waals surface area contributed by atoms with Gasteiger partial charge < -0.3 is 20.8 Å². The zero-order chi connectivity index (χ0) is 11.8. The van der Waals surface area contributed by atoms with Crippen molar-refractivity contribution in [2.45, 2.75) is 5.54 Å². The number of carboxylic acid groups (broad SMARTS) is 1. The Balaban J connectivity index is 2.29. The zero-order valence-electron chi connectivity index (χ0n) is 8.54. The largest absolute Gasteiger partial charge is 0.465 e. The summed E-state index contributed by atoms with van der Waals surface area (Å²) in [5, 5.41) is 18.2. The molecule has 1 amide bonds. The van der Waals surface area contributed by atoms with E-state index in [4.69, 9.17) is 10.8 Å². The van der Waals surface area contributed by atoms with E-state index in [0.29, 0.717) is 0 Å². The number of nitrogens with two attached hydrogens (primary N) is 1.